The highest BCUT2D eigenvalue weighted by Crippen LogP contribution is 2.33. The molecule has 1 N–H and O–H groups in total. The van der Waals surface area contributed by atoms with Gasteiger partial charge in [0.1, 0.15) is 12.4 Å². The van der Waals surface area contributed by atoms with Crippen LogP contribution in [0.25, 0.3) is 0 Å². The topological polar surface area (TPSA) is 60.0 Å². The highest BCUT2D eigenvalue weighted by Gasteiger charge is 2.36. The number of nitrogens with one attached hydrogen (secondary N) is 1. The van der Waals surface area contributed by atoms with E-state index in [0.717, 1.165) is 11.3 Å². The predicted molar refractivity (Wildman–Crippen MR) is 109 cm³/mol. The quantitative estimate of drug-likeness (QED) is 0.416. The van der Waals surface area contributed by atoms with Gasteiger partial charge >= 0.3 is 5.97 Å². The zero-order valence-corrected chi connectivity index (χ0v) is 17.0. The highest BCUT2D eigenvalue weighted by atomic mass is 32.1. The van der Waals surface area contributed by atoms with Gasteiger partial charge in [-0.3, -0.25) is 0 Å². The van der Waals surface area contributed by atoms with Crippen molar-refractivity contribution < 1.29 is 19.0 Å². The van der Waals surface area contributed by atoms with E-state index in [2.05, 4.69) is 11.9 Å². The molecule has 2 atom stereocenters. The van der Waals surface area contributed by atoms with Gasteiger partial charge < -0.3 is 24.4 Å². The molecule has 0 radical (unpaired) electrons. The number of hydrogen-bond donors (Lipinski definition) is 1. The van der Waals surface area contributed by atoms with Crippen LogP contribution in [0.2, 0.25) is 0 Å². The highest BCUT2D eigenvalue weighted by molar-refractivity contribution is 7.80. The Labute approximate surface area is 165 Å². The minimum Gasteiger partial charge on any atom is -0.490 e. The van der Waals surface area contributed by atoms with E-state index >= 15 is 0 Å². The fourth-order valence-corrected chi connectivity index (χ4v) is 3.60. The van der Waals surface area contributed by atoms with Crippen LogP contribution in [-0.2, 0) is 14.3 Å². The molecule has 0 aromatic heterocycles. The molecule has 2 rings (SSSR count). The largest absolute Gasteiger partial charge is 0.490 e. The predicted octanol–water partition coefficient (Wildman–Crippen LogP) is 2.96. The fourth-order valence-electron chi connectivity index (χ4n) is 3.17. The molecule has 1 aliphatic rings. The molecule has 0 aliphatic carbocycles. The van der Waals surface area contributed by atoms with Crippen LogP contribution in [0.4, 0.5) is 0 Å². The van der Waals surface area contributed by atoms with Gasteiger partial charge in [-0.1, -0.05) is 24.8 Å². The number of methoxy groups -OCH3 is 2. The molecule has 7 heteroatoms. The van der Waals surface area contributed by atoms with Gasteiger partial charge in [0, 0.05) is 12.8 Å². The first-order chi connectivity index (χ1) is 12.9. The van der Waals surface area contributed by atoms with Crippen LogP contribution < -0.4 is 10.1 Å². The lowest BCUT2D eigenvalue weighted by atomic mass is 9.94. The zero-order chi connectivity index (χ0) is 20.0. The third-order valence-corrected chi connectivity index (χ3v) is 4.65. The van der Waals surface area contributed by atoms with Gasteiger partial charge in [-0.2, -0.15) is 0 Å². The number of hydrogen-bond acceptors (Lipinski definition) is 5. The summed E-state index contributed by atoms with van der Waals surface area (Å²) >= 11 is 5.58. The van der Waals surface area contributed by atoms with E-state index in [0.29, 0.717) is 29.6 Å². The molecule has 0 amide bonds. The normalized spacial score (nSPS) is 18.0. The van der Waals surface area contributed by atoms with Crippen molar-refractivity contribution >= 4 is 23.3 Å². The van der Waals surface area contributed by atoms with Gasteiger partial charge in [-0.15, -0.1) is 0 Å². The van der Waals surface area contributed by atoms with Crippen LogP contribution in [0, 0.1) is 0 Å². The SMILES string of the molecule is C=CCOc1cccc([C@H]2NC(=S)N([C@@H](C)COC)C(C)=C2C(=O)OC)c1. The summed E-state index contributed by atoms with van der Waals surface area (Å²) in [5.74, 6) is 0.289. The standard InChI is InChI=1S/C20H26N2O4S/c1-6-10-26-16-9-7-8-15(11-16)18-17(19(23)25-5)14(3)22(20(27)21-18)13(2)12-24-4/h6-9,11,13,18H,1,10,12H2,2-5H3,(H,21,27)/t13-,18+/m0/s1. The molecule has 1 aliphatic heterocycles. The van der Waals surface area contributed by atoms with Crippen molar-refractivity contribution in [1.29, 1.82) is 0 Å². The average Bonchev–Trinajstić information content (AvgIpc) is 2.65. The average molecular weight is 391 g/mol. The molecule has 0 unspecified atom stereocenters. The third-order valence-electron chi connectivity index (χ3n) is 4.34. The van der Waals surface area contributed by atoms with Crippen LogP contribution in [0.3, 0.4) is 0 Å². The first-order valence-electron chi connectivity index (χ1n) is 8.66. The van der Waals surface area contributed by atoms with Crippen LogP contribution >= 0.6 is 12.2 Å². The van der Waals surface area contributed by atoms with E-state index in [4.69, 9.17) is 26.4 Å². The Bertz CT molecular complexity index is 747. The van der Waals surface area contributed by atoms with E-state index in [-0.39, 0.29) is 6.04 Å². The van der Waals surface area contributed by atoms with Crippen molar-refractivity contribution in [2.45, 2.75) is 25.9 Å². The molecule has 6 nitrogen and oxygen atoms in total. The number of allylic oxidation sites excluding steroid dienone is 1. The summed E-state index contributed by atoms with van der Waals surface area (Å²) in [7, 11) is 3.01. The maximum absolute atomic E-state index is 12.6. The van der Waals surface area contributed by atoms with Gasteiger partial charge in [0.2, 0.25) is 0 Å². The van der Waals surface area contributed by atoms with Gasteiger partial charge in [0.15, 0.2) is 5.11 Å². The lowest BCUT2D eigenvalue weighted by Gasteiger charge is -2.40. The molecular weight excluding hydrogens is 364 g/mol. The summed E-state index contributed by atoms with van der Waals surface area (Å²) in [5, 5.41) is 3.80. The van der Waals surface area contributed by atoms with Gasteiger partial charge in [0.05, 0.1) is 31.4 Å². The van der Waals surface area contributed by atoms with Crippen molar-refractivity contribution in [2.24, 2.45) is 0 Å². The summed E-state index contributed by atoms with van der Waals surface area (Å²) in [6.45, 7) is 8.39. The molecule has 0 bridgehead atoms. The number of rotatable bonds is 8. The summed E-state index contributed by atoms with van der Waals surface area (Å²) in [5.41, 5.74) is 2.12. The molecule has 0 saturated carbocycles. The number of thiocarbonyl (C=S) groups is 1. The second-order valence-electron chi connectivity index (χ2n) is 6.22. The summed E-state index contributed by atoms with van der Waals surface area (Å²) < 4.78 is 15.9. The maximum Gasteiger partial charge on any atom is 0.337 e. The summed E-state index contributed by atoms with van der Waals surface area (Å²) in [4.78, 5) is 14.5. The van der Waals surface area contributed by atoms with Crippen molar-refractivity contribution in [3.8, 4) is 5.75 Å². The number of carbonyl (C=O) groups excluding carboxylic acids is 1. The number of nitrogens with zero attached hydrogens (tertiary/aromatic N) is 1. The van der Waals surface area contributed by atoms with E-state index in [1.807, 2.05) is 43.0 Å². The minimum absolute atomic E-state index is 0.0298. The van der Waals surface area contributed by atoms with Crippen molar-refractivity contribution in [3.63, 3.8) is 0 Å². The fraction of sp³-hybridized carbons (Fsp3) is 0.400. The van der Waals surface area contributed by atoms with E-state index in [9.17, 15) is 4.79 Å². The van der Waals surface area contributed by atoms with Crippen LogP contribution in [0.5, 0.6) is 5.75 Å². The summed E-state index contributed by atoms with van der Waals surface area (Å²) in [6, 6.07) is 7.08. The monoisotopic (exact) mass is 390 g/mol. The third kappa shape index (κ3) is 4.67. The smallest absolute Gasteiger partial charge is 0.337 e. The Balaban J connectivity index is 2.48. The number of carbonyl (C=O) groups is 1. The number of ether oxygens (including phenoxy) is 3. The Morgan fingerprint density at radius 2 is 2.19 bits per heavy atom. The van der Waals surface area contributed by atoms with E-state index < -0.39 is 12.0 Å². The van der Waals surface area contributed by atoms with Crippen LogP contribution in [0.15, 0.2) is 48.2 Å². The second kappa shape index (κ2) is 9.53. The molecule has 27 heavy (non-hydrogen) atoms. The molecule has 1 aromatic carbocycles. The second-order valence-corrected chi connectivity index (χ2v) is 6.61. The Morgan fingerprint density at radius 1 is 1.44 bits per heavy atom. The van der Waals surface area contributed by atoms with Gasteiger partial charge in [0.25, 0.3) is 0 Å². The van der Waals surface area contributed by atoms with Crippen molar-refractivity contribution in [2.75, 3.05) is 27.4 Å². The first kappa shape index (κ1) is 20.9. The maximum atomic E-state index is 12.6. The van der Waals surface area contributed by atoms with E-state index in [1.165, 1.54) is 7.11 Å². The van der Waals surface area contributed by atoms with Crippen LogP contribution in [-0.4, -0.2) is 49.5 Å². The van der Waals surface area contributed by atoms with Crippen molar-refractivity contribution in [3.05, 3.63) is 53.8 Å². The van der Waals surface area contributed by atoms with Gasteiger partial charge in [-0.05, 0) is 43.8 Å². The molecule has 0 saturated heterocycles. The minimum atomic E-state index is -0.428. The Hall–Kier alpha value is -2.38. The van der Waals surface area contributed by atoms with Crippen LogP contribution in [0.1, 0.15) is 25.5 Å². The molecular formula is C20H26N2O4S. The van der Waals surface area contributed by atoms with Gasteiger partial charge in [-0.25, -0.2) is 4.79 Å². The lowest BCUT2D eigenvalue weighted by Crippen LogP contribution is -2.52. The lowest BCUT2D eigenvalue weighted by molar-refractivity contribution is -0.136. The molecule has 0 fully saturated rings. The molecule has 1 heterocycles. The molecule has 1 aromatic rings. The Kier molecular flexibility index (Phi) is 7.38. The Morgan fingerprint density at radius 3 is 2.81 bits per heavy atom. The number of benzene rings is 1. The first-order valence-corrected chi connectivity index (χ1v) is 9.06. The molecule has 146 valence electrons. The summed E-state index contributed by atoms with van der Waals surface area (Å²) in [6.07, 6.45) is 1.68. The van der Waals surface area contributed by atoms with Crippen molar-refractivity contribution in [1.82, 2.24) is 10.2 Å². The molecule has 0 spiro atoms. The van der Waals surface area contributed by atoms with E-state index in [1.54, 1.807) is 13.2 Å². The zero-order valence-electron chi connectivity index (χ0n) is 16.2. The number of esters is 1.